The molecule has 35 heavy (non-hydrogen) atoms. The standard InChI is InChI=1S/C12H10N2.C6H5NO2.C6H6.4CH4.N2/c1-3-7-11(8-4-1)13-14-12-9-5-2-6-10-12;8-7(9)6-4-2-1-3-5-6;1-2-4-6-5-3-1;;;;;1-2/h1-10H;1-5H;1-6H;4*1H4;. The van der Waals surface area contributed by atoms with Crippen LogP contribution in [-0.2, 0) is 0 Å². The second kappa shape index (κ2) is 25.6. The lowest BCUT2D eigenvalue weighted by Crippen LogP contribution is -1.84. The molecule has 7 heteroatoms. The Labute approximate surface area is 210 Å². The van der Waals surface area contributed by atoms with Crippen molar-refractivity contribution in [2.24, 2.45) is 10.2 Å². The molecule has 186 valence electrons. The Morgan fingerprint density at radius 1 is 0.486 bits per heavy atom. The topological polar surface area (TPSA) is 115 Å². The van der Waals surface area contributed by atoms with Crippen molar-refractivity contribution in [3.05, 3.63) is 138 Å². The molecular formula is C28H37N5O2. The summed E-state index contributed by atoms with van der Waals surface area (Å²) in [4.78, 5) is 9.59. The van der Waals surface area contributed by atoms with Gasteiger partial charge in [-0.05, 0) is 24.3 Å². The molecule has 0 aliphatic carbocycles. The fourth-order valence-corrected chi connectivity index (χ4v) is 2.04. The van der Waals surface area contributed by atoms with Crippen LogP contribution in [0.5, 0.6) is 0 Å². The van der Waals surface area contributed by atoms with E-state index < -0.39 is 4.92 Å². The third-order valence-electron chi connectivity index (χ3n) is 3.43. The van der Waals surface area contributed by atoms with E-state index in [4.69, 9.17) is 10.8 Å². The van der Waals surface area contributed by atoms with E-state index in [1.807, 2.05) is 97.1 Å². The number of hydrogen-bond donors (Lipinski definition) is 0. The van der Waals surface area contributed by atoms with E-state index >= 15 is 0 Å². The lowest BCUT2D eigenvalue weighted by molar-refractivity contribution is -0.384. The van der Waals surface area contributed by atoms with E-state index in [1.165, 1.54) is 12.1 Å². The zero-order valence-corrected chi connectivity index (χ0v) is 16.7. The van der Waals surface area contributed by atoms with Crippen LogP contribution in [0.25, 0.3) is 0 Å². The van der Waals surface area contributed by atoms with Gasteiger partial charge in [-0.2, -0.15) is 10.2 Å². The number of non-ortho nitro benzene ring substituents is 1. The number of nitro benzene ring substituents is 1. The molecule has 4 rings (SSSR count). The Balaban J connectivity index is -0.000000201. The average molecular weight is 476 g/mol. The van der Waals surface area contributed by atoms with Gasteiger partial charge in [0, 0.05) is 22.9 Å². The van der Waals surface area contributed by atoms with Crippen LogP contribution in [0.15, 0.2) is 138 Å². The molecule has 0 atom stereocenters. The summed E-state index contributed by atoms with van der Waals surface area (Å²) in [5.74, 6) is 0. The predicted molar refractivity (Wildman–Crippen MR) is 147 cm³/mol. The van der Waals surface area contributed by atoms with Crippen molar-refractivity contribution < 1.29 is 4.92 Å². The average Bonchev–Trinajstić information content (AvgIpc) is 2.88. The molecule has 4 aromatic rings. The van der Waals surface area contributed by atoms with E-state index in [-0.39, 0.29) is 35.4 Å². The number of rotatable bonds is 3. The van der Waals surface area contributed by atoms with Crippen LogP contribution in [0.1, 0.15) is 29.7 Å². The van der Waals surface area contributed by atoms with Crippen molar-refractivity contribution >= 4 is 17.1 Å². The number of nitro groups is 1. The summed E-state index contributed by atoms with van der Waals surface area (Å²) in [6, 6.07) is 39.3. The highest BCUT2D eigenvalue weighted by Gasteiger charge is 1.98. The van der Waals surface area contributed by atoms with Crippen molar-refractivity contribution in [2.75, 3.05) is 0 Å². The van der Waals surface area contributed by atoms with Gasteiger partial charge < -0.3 is 0 Å². The third-order valence-corrected chi connectivity index (χ3v) is 3.43. The summed E-state index contributed by atoms with van der Waals surface area (Å²) in [6.45, 7) is 0. The van der Waals surface area contributed by atoms with Gasteiger partial charge in [0.2, 0.25) is 0 Å². The monoisotopic (exact) mass is 475 g/mol. The molecular weight excluding hydrogens is 438 g/mol. The van der Waals surface area contributed by atoms with E-state index in [0.717, 1.165) is 11.4 Å². The Morgan fingerprint density at radius 3 is 0.943 bits per heavy atom. The summed E-state index contributed by atoms with van der Waals surface area (Å²) in [6.07, 6.45) is 0. The molecule has 0 aliphatic rings. The molecule has 0 radical (unpaired) electrons. The molecule has 4 aromatic carbocycles. The summed E-state index contributed by atoms with van der Waals surface area (Å²) in [5, 5.41) is 30.2. The molecule has 0 spiro atoms. The van der Waals surface area contributed by atoms with Gasteiger partial charge in [0.25, 0.3) is 5.69 Å². The smallest absolute Gasteiger partial charge is 0.258 e. The summed E-state index contributed by atoms with van der Waals surface area (Å²) in [5.41, 5.74) is 1.88. The highest BCUT2D eigenvalue weighted by Crippen LogP contribution is 2.16. The maximum Gasteiger partial charge on any atom is 0.269 e. The van der Waals surface area contributed by atoms with Crippen molar-refractivity contribution in [1.29, 1.82) is 10.8 Å². The first kappa shape index (κ1) is 37.6. The first-order chi connectivity index (χ1) is 15.3. The molecule has 0 unspecified atom stereocenters. The minimum atomic E-state index is -0.417. The highest BCUT2D eigenvalue weighted by atomic mass is 16.6. The Hall–Kier alpha value is -4.70. The van der Waals surface area contributed by atoms with Crippen LogP contribution in [0.2, 0.25) is 0 Å². The van der Waals surface area contributed by atoms with Gasteiger partial charge >= 0.3 is 0 Å². The maximum atomic E-state index is 10.0. The Morgan fingerprint density at radius 2 is 0.714 bits per heavy atom. The van der Waals surface area contributed by atoms with E-state index in [9.17, 15) is 10.1 Å². The largest absolute Gasteiger partial charge is 0.269 e. The molecule has 0 N–H and O–H groups in total. The van der Waals surface area contributed by atoms with Gasteiger partial charge in [-0.1, -0.05) is 121 Å². The SMILES string of the molecule is C.C.C.C.N#N.O=[N+]([O-])c1ccccc1.c1ccc(N=Nc2ccccc2)cc1.c1ccccc1. The highest BCUT2D eigenvalue weighted by molar-refractivity contribution is 5.39. The van der Waals surface area contributed by atoms with Gasteiger partial charge in [0.1, 0.15) is 0 Å². The van der Waals surface area contributed by atoms with Crippen LogP contribution in [0, 0.1) is 20.9 Å². The molecule has 0 saturated carbocycles. The van der Waals surface area contributed by atoms with Crippen molar-refractivity contribution in [2.45, 2.75) is 29.7 Å². The first-order valence-corrected chi connectivity index (χ1v) is 9.17. The van der Waals surface area contributed by atoms with E-state index in [2.05, 4.69) is 10.2 Å². The van der Waals surface area contributed by atoms with Gasteiger partial charge in [-0.15, -0.1) is 0 Å². The van der Waals surface area contributed by atoms with Crippen molar-refractivity contribution in [1.82, 2.24) is 0 Å². The van der Waals surface area contributed by atoms with E-state index in [1.54, 1.807) is 18.2 Å². The quantitative estimate of drug-likeness (QED) is 0.127. The van der Waals surface area contributed by atoms with Gasteiger partial charge in [-0.3, -0.25) is 10.1 Å². The fraction of sp³-hybridized carbons (Fsp3) is 0.143. The molecule has 0 saturated heterocycles. The Kier molecular flexibility index (Phi) is 27.5. The fourth-order valence-electron chi connectivity index (χ4n) is 2.04. The maximum absolute atomic E-state index is 10.0. The molecule has 0 aromatic heterocycles. The molecule has 0 aliphatic heterocycles. The number of hydrogen-bond acceptors (Lipinski definition) is 6. The summed E-state index contributed by atoms with van der Waals surface area (Å²) in [7, 11) is 0. The summed E-state index contributed by atoms with van der Waals surface area (Å²) >= 11 is 0. The van der Waals surface area contributed by atoms with Gasteiger partial charge in [0.15, 0.2) is 0 Å². The summed E-state index contributed by atoms with van der Waals surface area (Å²) < 4.78 is 0. The lowest BCUT2D eigenvalue weighted by atomic mass is 10.3. The van der Waals surface area contributed by atoms with Gasteiger partial charge in [-0.25, -0.2) is 0 Å². The molecule has 0 bridgehead atoms. The number of nitrogens with zero attached hydrogens (tertiary/aromatic N) is 5. The van der Waals surface area contributed by atoms with E-state index in [0.29, 0.717) is 0 Å². The third kappa shape index (κ3) is 18.6. The first-order valence-electron chi connectivity index (χ1n) is 9.17. The zero-order valence-electron chi connectivity index (χ0n) is 16.7. The van der Waals surface area contributed by atoms with Gasteiger partial charge in [0.05, 0.1) is 16.3 Å². The second-order valence-electron chi connectivity index (χ2n) is 5.62. The predicted octanol–water partition coefficient (Wildman–Crippen LogP) is 9.96. The number of para-hydroxylation sites is 1. The van der Waals surface area contributed by atoms with Crippen LogP contribution in [0.4, 0.5) is 17.1 Å². The molecule has 7 nitrogen and oxygen atoms in total. The van der Waals surface area contributed by atoms with Crippen LogP contribution >= 0.6 is 0 Å². The van der Waals surface area contributed by atoms with Crippen molar-refractivity contribution in [3.8, 4) is 0 Å². The Bertz CT molecular complexity index is 943. The second-order valence-corrected chi connectivity index (χ2v) is 5.62. The minimum absolute atomic E-state index is 0. The van der Waals surface area contributed by atoms with Crippen LogP contribution in [-0.4, -0.2) is 4.92 Å². The molecule has 0 fully saturated rings. The van der Waals surface area contributed by atoms with Crippen LogP contribution < -0.4 is 0 Å². The van der Waals surface area contributed by atoms with Crippen molar-refractivity contribution in [3.63, 3.8) is 0 Å². The normalized spacial score (nSPS) is 7.94. The number of benzene rings is 4. The minimum Gasteiger partial charge on any atom is -0.258 e. The zero-order chi connectivity index (χ0) is 22.6. The molecule has 0 heterocycles. The van der Waals surface area contributed by atoms with Crippen LogP contribution in [0.3, 0.4) is 0 Å². The molecule has 0 amide bonds. The number of azo groups is 1. The lowest BCUT2D eigenvalue weighted by Gasteiger charge is -1.91.